The van der Waals surface area contributed by atoms with E-state index in [1.165, 1.54) is 17.7 Å². The highest BCUT2D eigenvalue weighted by molar-refractivity contribution is 7.95. The fourth-order valence-electron chi connectivity index (χ4n) is 6.23. The minimum Gasteiger partial charge on any atom is -0.404 e. The van der Waals surface area contributed by atoms with Crippen LogP contribution in [0.3, 0.4) is 0 Å². The van der Waals surface area contributed by atoms with E-state index in [4.69, 9.17) is 10.7 Å². The average molecular weight is 561 g/mol. The Bertz CT molecular complexity index is 1450. The summed E-state index contributed by atoms with van der Waals surface area (Å²) in [4.78, 5) is 5.31. The smallest absolute Gasteiger partial charge is 0.325 e. The van der Waals surface area contributed by atoms with Gasteiger partial charge in [-0.05, 0) is 106 Å². The number of fused-ring (bicyclic) bond motifs is 1. The standard InChI is InChI=1S/C33H38FN3O2S/c1-32(2,3)26-9-15-30(16-10-26)40(38,39)37-18-17-27-19-31(36-29-13-11-28(34)12-14-29)25(22-35)21-33(27,23-37)20-24-7-5-4-6-8-24/h4-16,22,27H,17-21,23,35H2,1-3H3/p+1/t27-,33+/m0/s1. The summed E-state index contributed by atoms with van der Waals surface area (Å²) >= 11 is 0. The molecule has 0 amide bonds. The highest BCUT2D eigenvalue weighted by Crippen LogP contribution is 2.51. The van der Waals surface area contributed by atoms with Gasteiger partial charge in [0.2, 0.25) is 4.90 Å². The van der Waals surface area contributed by atoms with Gasteiger partial charge in [-0.2, -0.15) is 4.55 Å². The first-order valence-corrected chi connectivity index (χ1v) is 15.4. The molecule has 1 aliphatic carbocycles. The van der Waals surface area contributed by atoms with Crippen LogP contribution in [0.2, 0.25) is 0 Å². The first kappa shape index (κ1) is 28.4. The van der Waals surface area contributed by atoms with Crippen molar-refractivity contribution in [1.29, 1.82) is 0 Å². The molecule has 3 aromatic carbocycles. The van der Waals surface area contributed by atoms with Crippen molar-refractivity contribution in [1.82, 2.24) is 4.31 Å². The number of piperidine rings is 1. The largest absolute Gasteiger partial charge is 0.404 e. The molecule has 5 nitrogen and oxygen atoms in total. The van der Waals surface area contributed by atoms with E-state index in [0.717, 1.165) is 29.7 Å². The summed E-state index contributed by atoms with van der Waals surface area (Å²) < 4.78 is 40.8. The molecule has 40 heavy (non-hydrogen) atoms. The predicted octanol–water partition coefficient (Wildman–Crippen LogP) is 7.33. The Morgan fingerprint density at radius 3 is 2.38 bits per heavy atom. The minimum atomic E-state index is -3.43. The van der Waals surface area contributed by atoms with E-state index in [2.05, 4.69) is 32.9 Å². The molecule has 1 unspecified atom stereocenters. The molecule has 3 aromatic rings. The van der Waals surface area contributed by atoms with Crippen molar-refractivity contribution in [3.8, 4) is 0 Å². The van der Waals surface area contributed by atoms with Gasteiger partial charge in [0, 0.05) is 12.3 Å². The molecule has 2 aliphatic rings. The first-order chi connectivity index (χ1) is 19.0. The number of halogens is 1. The molecule has 0 spiro atoms. The van der Waals surface area contributed by atoms with E-state index < -0.39 is 10.4 Å². The van der Waals surface area contributed by atoms with E-state index in [0.29, 0.717) is 36.5 Å². The van der Waals surface area contributed by atoms with Gasteiger partial charge in [-0.3, -0.25) is 4.99 Å². The van der Waals surface area contributed by atoms with Gasteiger partial charge in [-0.1, -0.05) is 67.5 Å². The van der Waals surface area contributed by atoms with Gasteiger partial charge in [-0.25, -0.2) is 4.39 Å². The molecule has 1 saturated carbocycles. The van der Waals surface area contributed by atoms with Gasteiger partial charge in [0.1, 0.15) is 5.82 Å². The number of aliphatic imine (C=N–C) groups is 1. The van der Waals surface area contributed by atoms with Gasteiger partial charge < -0.3 is 5.73 Å². The fourth-order valence-corrected chi connectivity index (χ4v) is 7.81. The molecule has 210 valence electrons. The van der Waals surface area contributed by atoms with Crippen LogP contribution >= 0.6 is 0 Å². The molecule has 7 heteroatoms. The van der Waals surface area contributed by atoms with Crippen molar-refractivity contribution in [2.24, 2.45) is 22.1 Å². The second kappa shape index (κ2) is 11.0. The summed E-state index contributed by atoms with van der Waals surface area (Å²) in [6, 6.07) is 24.1. The zero-order chi connectivity index (χ0) is 28.5. The van der Waals surface area contributed by atoms with Crippen molar-refractivity contribution in [3.05, 3.63) is 108 Å². The summed E-state index contributed by atoms with van der Waals surface area (Å²) in [5, 5.41) is 0. The van der Waals surface area contributed by atoms with E-state index in [9.17, 15) is 13.2 Å². The maximum Gasteiger partial charge on any atom is 0.325 e. The van der Waals surface area contributed by atoms with Crippen LogP contribution in [0.1, 0.15) is 51.2 Å². The molecule has 1 saturated heterocycles. The molecular weight excluding hydrogens is 521 g/mol. The molecule has 3 N–H and O–H groups in total. The Kier molecular flexibility index (Phi) is 7.83. The molecular formula is C33H39FN3O2S+. The number of nitrogens with zero attached hydrogens (tertiary/aromatic N) is 2. The molecule has 0 bridgehead atoms. The number of allylic oxidation sites excluding steroid dienone is 1. The van der Waals surface area contributed by atoms with E-state index in [1.54, 1.807) is 34.8 Å². The number of nitrogens with two attached hydrogens (primary N) is 1. The lowest BCUT2D eigenvalue weighted by atomic mass is 9.59. The van der Waals surface area contributed by atoms with Gasteiger partial charge in [0.05, 0.1) is 12.2 Å². The predicted molar refractivity (Wildman–Crippen MR) is 161 cm³/mol. The molecule has 1 heterocycles. The molecule has 0 radical (unpaired) electrons. The first-order valence-electron chi connectivity index (χ1n) is 13.9. The van der Waals surface area contributed by atoms with Crippen LogP contribution in [0.4, 0.5) is 10.1 Å². The number of benzene rings is 3. The van der Waals surface area contributed by atoms with Crippen LogP contribution in [0, 0.1) is 17.2 Å². The monoisotopic (exact) mass is 560 g/mol. The van der Waals surface area contributed by atoms with Crippen molar-refractivity contribution >= 4 is 21.8 Å². The Balaban J connectivity index is 1.48. The number of hydrogen-bond donors (Lipinski definition) is 2. The highest BCUT2D eigenvalue weighted by Gasteiger charge is 2.53. The van der Waals surface area contributed by atoms with Crippen LogP contribution in [-0.2, 0) is 26.4 Å². The Morgan fingerprint density at radius 2 is 1.75 bits per heavy atom. The van der Waals surface area contributed by atoms with Crippen LogP contribution in [0.15, 0.2) is 101 Å². The summed E-state index contributed by atoms with van der Waals surface area (Å²) in [5.74, 6) is -0.0394. The summed E-state index contributed by atoms with van der Waals surface area (Å²) in [6.07, 6.45) is 4.54. The lowest BCUT2D eigenvalue weighted by Gasteiger charge is -2.50. The van der Waals surface area contributed by atoms with Gasteiger partial charge in [0.25, 0.3) is 0 Å². The van der Waals surface area contributed by atoms with Crippen LogP contribution in [-0.4, -0.2) is 27.7 Å². The van der Waals surface area contributed by atoms with Crippen molar-refractivity contribution in [2.75, 3.05) is 13.1 Å². The normalized spacial score (nSPS) is 25.5. The van der Waals surface area contributed by atoms with E-state index in [-0.39, 0.29) is 22.6 Å². The Hall–Kier alpha value is -3.13. The molecule has 3 atom stereocenters. The van der Waals surface area contributed by atoms with E-state index >= 15 is 0 Å². The minimum absolute atomic E-state index is 0.0345. The number of hydrogen-bond acceptors (Lipinski definition) is 3. The maximum absolute atomic E-state index is 14.0. The van der Waals surface area contributed by atoms with Crippen molar-refractivity contribution in [3.63, 3.8) is 0 Å². The van der Waals surface area contributed by atoms with Crippen molar-refractivity contribution < 1.29 is 13.2 Å². The van der Waals surface area contributed by atoms with Gasteiger partial charge in [0.15, 0.2) is 0 Å². The van der Waals surface area contributed by atoms with Gasteiger partial charge in [-0.15, -0.1) is 0 Å². The Labute approximate surface area is 238 Å². The van der Waals surface area contributed by atoms with Crippen LogP contribution in [0.25, 0.3) is 0 Å². The molecule has 5 rings (SSSR count). The van der Waals surface area contributed by atoms with E-state index in [1.807, 2.05) is 30.3 Å². The third-order valence-electron chi connectivity index (χ3n) is 8.51. The maximum atomic E-state index is 14.0. The lowest BCUT2D eigenvalue weighted by molar-refractivity contribution is 0.0613. The lowest BCUT2D eigenvalue weighted by Crippen LogP contribution is -2.55. The molecule has 2 fully saturated rings. The zero-order valence-electron chi connectivity index (χ0n) is 23.5. The third kappa shape index (κ3) is 5.82. The zero-order valence-corrected chi connectivity index (χ0v) is 24.3. The van der Waals surface area contributed by atoms with Crippen LogP contribution < -0.4 is 5.73 Å². The fraction of sp³-hybridized carbons (Fsp3) is 0.364. The topological polar surface area (TPSA) is 78.9 Å². The SMILES string of the molecule is CC(C)(C)c1ccc([S+](=O)(O)N2CC[C@H]3CC(=Nc4ccc(F)cc4)C(=CN)C[C@]3(Cc3ccccc3)C2)cc1. The molecule has 1 aliphatic heterocycles. The second-order valence-electron chi connectivity index (χ2n) is 12.3. The number of rotatable bonds is 5. The Morgan fingerprint density at radius 1 is 1.07 bits per heavy atom. The quantitative estimate of drug-likeness (QED) is 0.321. The summed E-state index contributed by atoms with van der Waals surface area (Å²) in [7, 11) is -3.43. The van der Waals surface area contributed by atoms with Gasteiger partial charge >= 0.3 is 10.4 Å². The highest BCUT2D eigenvalue weighted by atomic mass is 32.3. The average Bonchev–Trinajstić information content (AvgIpc) is 2.94. The molecule has 0 aromatic heterocycles. The van der Waals surface area contributed by atoms with Crippen molar-refractivity contribution in [2.45, 2.75) is 56.8 Å². The second-order valence-corrected chi connectivity index (χ2v) is 14.2. The summed E-state index contributed by atoms with van der Waals surface area (Å²) in [6.45, 7) is 7.40. The third-order valence-corrected chi connectivity index (χ3v) is 10.4. The van der Waals surface area contributed by atoms with Crippen LogP contribution in [0.5, 0.6) is 0 Å². The summed E-state index contributed by atoms with van der Waals surface area (Å²) in [5.41, 5.74) is 10.7.